The highest BCUT2D eigenvalue weighted by molar-refractivity contribution is 5.24. The highest BCUT2D eigenvalue weighted by Gasteiger charge is 1.99. The molecule has 13 heavy (non-hydrogen) atoms. The van der Waals surface area contributed by atoms with Gasteiger partial charge in [0.15, 0.2) is 0 Å². The molecule has 1 aromatic carbocycles. The van der Waals surface area contributed by atoms with Crippen molar-refractivity contribution in [2.75, 3.05) is 0 Å². The van der Waals surface area contributed by atoms with Crippen LogP contribution in [-0.4, -0.2) is 0 Å². The Labute approximate surface area is 79.8 Å². The summed E-state index contributed by atoms with van der Waals surface area (Å²) in [6.45, 7) is 4.23. The Morgan fingerprint density at radius 3 is 1.77 bits per heavy atom. The number of rotatable bonds is 4. The van der Waals surface area contributed by atoms with Gasteiger partial charge in [-0.15, -0.1) is 0 Å². The van der Waals surface area contributed by atoms with Crippen LogP contribution in [0.4, 0.5) is 4.39 Å². The summed E-state index contributed by atoms with van der Waals surface area (Å²) in [5, 5.41) is 0. The highest BCUT2D eigenvalue weighted by Crippen LogP contribution is 2.12. The monoisotopic (exact) mass is 180 g/mol. The minimum Gasteiger partial charge on any atom is -0.207 e. The topological polar surface area (TPSA) is 0 Å². The summed E-state index contributed by atoms with van der Waals surface area (Å²) >= 11 is 0. The van der Waals surface area contributed by atoms with Crippen LogP contribution < -0.4 is 0 Å². The van der Waals surface area contributed by atoms with Crippen LogP contribution in [0.5, 0.6) is 0 Å². The van der Waals surface area contributed by atoms with Crippen molar-refractivity contribution in [2.24, 2.45) is 0 Å². The van der Waals surface area contributed by atoms with Gasteiger partial charge in [-0.2, -0.15) is 0 Å². The second-order valence-corrected chi connectivity index (χ2v) is 3.47. The van der Waals surface area contributed by atoms with E-state index in [0.717, 1.165) is 36.8 Å². The maximum atomic E-state index is 13.1. The van der Waals surface area contributed by atoms with Crippen molar-refractivity contribution < 1.29 is 4.39 Å². The molecule has 0 fully saturated rings. The summed E-state index contributed by atoms with van der Waals surface area (Å²) in [5.41, 5.74) is 2.26. The van der Waals surface area contributed by atoms with E-state index in [0.29, 0.717) is 0 Å². The predicted molar refractivity (Wildman–Crippen MR) is 54.4 cm³/mol. The number of aryl methyl sites for hydroxylation is 2. The zero-order valence-corrected chi connectivity index (χ0v) is 8.44. The summed E-state index contributed by atoms with van der Waals surface area (Å²) in [7, 11) is 0. The quantitative estimate of drug-likeness (QED) is 0.662. The molecule has 0 atom stereocenters. The Bertz CT molecular complexity index is 242. The van der Waals surface area contributed by atoms with E-state index in [9.17, 15) is 4.39 Å². The van der Waals surface area contributed by atoms with Crippen molar-refractivity contribution in [2.45, 2.75) is 39.5 Å². The average molecular weight is 180 g/mol. The third-order valence-electron chi connectivity index (χ3n) is 2.09. The van der Waals surface area contributed by atoms with Gasteiger partial charge in [-0.1, -0.05) is 32.8 Å². The van der Waals surface area contributed by atoms with E-state index in [-0.39, 0.29) is 5.82 Å². The zero-order chi connectivity index (χ0) is 9.68. The lowest BCUT2D eigenvalue weighted by Gasteiger charge is -2.03. The average Bonchev–Trinajstić information content (AvgIpc) is 2.04. The molecule has 1 rings (SSSR count). The van der Waals surface area contributed by atoms with Crippen LogP contribution in [0.15, 0.2) is 18.2 Å². The fourth-order valence-corrected chi connectivity index (χ4v) is 1.58. The SMILES string of the molecule is CCCc1cc(F)cc(CCC)c1. The molecule has 0 N–H and O–H groups in total. The molecule has 0 saturated heterocycles. The maximum absolute atomic E-state index is 13.1. The lowest BCUT2D eigenvalue weighted by molar-refractivity contribution is 0.622. The van der Waals surface area contributed by atoms with Gasteiger partial charge in [0.2, 0.25) is 0 Å². The molecule has 72 valence electrons. The molecule has 0 saturated carbocycles. The number of hydrogen-bond donors (Lipinski definition) is 0. The Hall–Kier alpha value is -0.850. The van der Waals surface area contributed by atoms with E-state index in [4.69, 9.17) is 0 Å². The minimum absolute atomic E-state index is 0.0885. The summed E-state index contributed by atoms with van der Waals surface area (Å²) in [6, 6.07) is 5.40. The van der Waals surface area contributed by atoms with Crippen molar-refractivity contribution in [3.05, 3.63) is 35.1 Å². The Morgan fingerprint density at radius 2 is 1.38 bits per heavy atom. The van der Waals surface area contributed by atoms with E-state index in [1.54, 1.807) is 12.1 Å². The van der Waals surface area contributed by atoms with Gasteiger partial charge in [-0.25, -0.2) is 4.39 Å². The van der Waals surface area contributed by atoms with Crippen LogP contribution in [0.3, 0.4) is 0 Å². The van der Waals surface area contributed by atoms with Gasteiger partial charge in [0.05, 0.1) is 0 Å². The molecular weight excluding hydrogens is 163 g/mol. The summed E-state index contributed by atoms with van der Waals surface area (Å²) in [4.78, 5) is 0. The summed E-state index contributed by atoms with van der Waals surface area (Å²) in [5.74, 6) is -0.0885. The maximum Gasteiger partial charge on any atom is 0.123 e. The number of halogens is 1. The standard InChI is InChI=1S/C12H17F/c1-3-5-10-7-11(6-4-2)9-12(13)8-10/h7-9H,3-6H2,1-2H3. The van der Waals surface area contributed by atoms with Gasteiger partial charge in [-0.3, -0.25) is 0 Å². The molecule has 0 heterocycles. The second-order valence-electron chi connectivity index (χ2n) is 3.47. The predicted octanol–water partition coefficient (Wildman–Crippen LogP) is 3.73. The second kappa shape index (κ2) is 5.00. The molecule has 1 heteroatoms. The first-order chi connectivity index (χ1) is 6.26. The van der Waals surface area contributed by atoms with E-state index < -0.39 is 0 Å². The van der Waals surface area contributed by atoms with Gasteiger partial charge < -0.3 is 0 Å². The van der Waals surface area contributed by atoms with E-state index in [2.05, 4.69) is 19.9 Å². The smallest absolute Gasteiger partial charge is 0.123 e. The van der Waals surface area contributed by atoms with Crippen LogP contribution in [-0.2, 0) is 12.8 Å². The van der Waals surface area contributed by atoms with Crippen molar-refractivity contribution in [1.29, 1.82) is 0 Å². The van der Waals surface area contributed by atoms with E-state index >= 15 is 0 Å². The van der Waals surface area contributed by atoms with Crippen LogP contribution in [0.25, 0.3) is 0 Å². The molecule has 0 bridgehead atoms. The van der Waals surface area contributed by atoms with Gasteiger partial charge in [0.25, 0.3) is 0 Å². The van der Waals surface area contributed by atoms with Gasteiger partial charge in [-0.05, 0) is 36.1 Å². The molecule has 0 aliphatic rings. The first-order valence-electron chi connectivity index (χ1n) is 5.04. The molecular formula is C12H17F. The van der Waals surface area contributed by atoms with Crippen molar-refractivity contribution in [3.63, 3.8) is 0 Å². The molecule has 0 aliphatic heterocycles. The summed E-state index contributed by atoms with van der Waals surface area (Å²) in [6.07, 6.45) is 4.12. The number of benzene rings is 1. The lowest BCUT2D eigenvalue weighted by Crippen LogP contribution is -1.91. The van der Waals surface area contributed by atoms with Gasteiger partial charge >= 0.3 is 0 Å². The molecule has 0 amide bonds. The van der Waals surface area contributed by atoms with Crippen molar-refractivity contribution in [1.82, 2.24) is 0 Å². The molecule has 0 aliphatic carbocycles. The molecule has 1 aromatic rings. The third-order valence-corrected chi connectivity index (χ3v) is 2.09. The minimum atomic E-state index is -0.0885. The Balaban J connectivity index is 2.83. The van der Waals surface area contributed by atoms with E-state index in [1.165, 1.54) is 0 Å². The van der Waals surface area contributed by atoms with Crippen LogP contribution >= 0.6 is 0 Å². The van der Waals surface area contributed by atoms with Gasteiger partial charge in [0, 0.05) is 0 Å². The summed E-state index contributed by atoms with van der Waals surface area (Å²) < 4.78 is 13.1. The first kappa shape index (κ1) is 10.2. The van der Waals surface area contributed by atoms with Gasteiger partial charge in [0.1, 0.15) is 5.82 Å². The highest BCUT2D eigenvalue weighted by atomic mass is 19.1. The van der Waals surface area contributed by atoms with Crippen LogP contribution in [0, 0.1) is 5.82 Å². The lowest BCUT2D eigenvalue weighted by atomic mass is 10.0. The molecule has 0 unspecified atom stereocenters. The Morgan fingerprint density at radius 1 is 0.923 bits per heavy atom. The fraction of sp³-hybridized carbons (Fsp3) is 0.500. The van der Waals surface area contributed by atoms with Crippen LogP contribution in [0.2, 0.25) is 0 Å². The molecule has 0 aromatic heterocycles. The molecule has 0 spiro atoms. The zero-order valence-electron chi connectivity index (χ0n) is 8.44. The molecule has 0 nitrogen and oxygen atoms in total. The normalized spacial score (nSPS) is 10.4. The Kier molecular flexibility index (Phi) is 3.94. The van der Waals surface area contributed by atoms with E-state index in [1.807, 2.05) is 0 Å². The third kappa shape index (κ3) is 3.17. The van der Waals surface area contributed by atoms with Crippen molar-refractivity contribution >= 4 is 0 Å². The van der Waals surface area contributed by atoms with Crippen LogP contribution in [0.1, 0.15) is 37.8 Å². The first-order valence-corrected chi connectivity index (χ1v) is 5.04. The van der Waals surface area contributed by atoms with Crippen molar-refractivity contribution in [3.8, 4) is 0 Å². The fourth-order valence-electron chi connectivity index (χ4n) is 1.58. The largest absolute Gasteiger partial charge is 0.207 e. The molecule has 0 radical (unpaired) electrons. The number of hydrogen-bond acceptors (Lipinski definition) is 0.